The fourth-order valence-corrected chi connectivity index (χ4v) is 4.51. The fraction of sp³-hybridized carbons (Fsp3) is 0.370. The van der Waals surface area contributed by atoms with Gasteiger partial charge in [0, 0.05) is 48.3 Å². The average molecular weight is 514 g/mol. The van der Waals surface area contributed by atoms with Crippen LogP contribution in [0.2, 0.25) is 0 Å². The lowest BCUT2D eigenvalue weighted by molar-refractivity contribution is 0.260. The molecular weight excluding hydrogens is 482 g/mol. The highest BCUT2D eigenvalue weighted by molar-refractivity contribution is 6.19. The van der Waals surface area contributed by atoms with Crippen LogP contribution in [0.3, 0.4) is 0 Å². The maximum absolute atomic E-state index is 13.8. The van der Waals surface area contributed by atoms with E-state index in [1.165, 1.54) is 12.3 Å². The fourth-order valence-electron chi connectivity index (χ4n) is 4.51. The number of hydrogen-bond donors (Lipinski definition) is 4. The van der Waals surface area contributed by atoms with Crippen LogP contribution < -0.4 is 26.3 Å². The molecule has 1 aromatic carbocycles. The predicted octanol–water partition coefficient (Wildman–Crippen LogP) is 3.33. The van der Waals surface area contributed by atoms with E-state index < -0.39 is 11.4 Å². The molecule has 2 aromatic heterocycles. The summed E-state index contributed by atoms with van der Waals surface area (Å²) in [6, 6.07) is 9.64. The Kier molecular flexibility index (Phi) is 6.53. The highest BCUT2D eigenvalue weighted by Gasteiger charge is 2.38. The standard InChI is InChI=1S/C27H32BFN8O/c1-26(2,3)15-33-24-16(11-30)12-32-25-20(24)9-18(10-21(25)38-4)34-27(28,17-5-8-23(29)31-13-17)22-14-37(36-35-22)19-6-7-19/h5,8-10,12-14,19,34-36H,6-7,15,28H2,1-4H3,(H,32,33). The second kappa shape index (κ2) is 9.69. The van der Waals surface area contributed by atoms with Crippen molar-refractivity contribution in [1.82, 2.24) is 25.9 Å². The molecule has 1 atom stereocenters. The van der Waals surface area contributed by atoms with E-state index >= 15 is 0 Å². The summed E-state index contributed by atoms with van der Waals surface area (Å²) in [5, 5.41) is 19.8. The highest BCUT2D eigenvalue weighted by atomic mass is 19.1. The maximum atomic E-state index is 13.8. The number of rotatable bonds is 8. The van der Waals surface area contributed by atoms with Gasteiger partial charge in [-0.25, -0.2) is 4.98 Å². The molecule has 1 aliphatic heterocycles. The number of nitrogens with zero attached hydrogens (tertiary/aromatic N) is 4. The number of aromatic nitrogens is 2. The van der Waals surface area contributed by atoms with Gasteiger partial charge in [0.15, 0.2) is 0 Å². The minimum Gasteiger partial charge on any atom is -0.494 e. The minimum absolute atomic E-state index is 0.00251. The maximum Gasteiger partial charge on any atom is 0.212 e. The summed E-state index contributed by atoms with van der Waals surface area (Å²) < 4.78 is 19.5. The summed E-state index contributed by atoms with van der Waals surface area (Å²) in [5.41, 5.74) is 9.88. The van der Waals surface area contributed by atoms with Crippen LogP contribution in [0.1, 0.15) is 44.7 Å². The van der Waals surface area contributed by atoms with Crippen molar-refractivity contribution in [2.75, 3.05) is 24.3 Å². The molecule has 0 saturated heterocycles. The molecule has 1 saturated carbocycles. The lowest BCUT2D eigenvalue weighted by Crippen LogP contribution is -2.45. The summed E-state index contributed by atoms with van der Waals surface area (Å²) in [7, 11) is 3.61. The van der Waals surface area contributed by atoms with Crippen LogP contribution in [0, 0.1) is 22.7 Å². The van der Waals surface area contributed by atoms with Crippen molar-refractivity contribution in [1.29, 1.82) is 5.26 Å². The monoisotopic (exact) mass is 514 g/mol. The van der Waals surface area contributed by atoms with E-state index in [-0.39, 0.29) is 5.41 Å². The number of hydrogen-bond acceptors (Lipinski definition) is 9. The Morgan fingerprint density at radius 3 is 2.66 bits per heavy atom. The molecule has 1 unspecified atom stereocenters. The number of halogens is 1. The van der Waals surface area contributed by atoms with Gasteiger partial charge in [-0.2, -0.15) is 9.65 Å². The number of fused-ring (bicyclic) bond motifs is 1. The highest BCUT2D eigenvalue weighted by Crippen LogP contribution is 2.39. The lowest BCUT2D eigenvalue weighted by atomic mass is 9.70. The molecule has 0 spiro atoms. The van der Waals surface area contributed by atoms with Crippen LogP contribution in [0.5, 0.6) is 5.75 Å². The number of methoxy groups -OCH3 is 1. The molecule has 1 aliphatic carbocycles. The molecule has 1 fully saturated rings. The van der Waals surface area contributed by atoms with Gasteiger partial charge < -0.3 is 20.8 Å². The third kappa shape index (κ3) is 5.04. The number of anilines is 2. The third-order valence-electron chi connectivity index (χ3n) is 6.84. The van der Waals surface area contributed by atoms with E-state index in [0.717, 1.165) is 35.2 Å². The minimum atomic E-state index is -0.810. The van der Waals surface area contributed by atoms with E-state index in [0.29, 0.717) is 35.1 Å². The van der Waals surface area contributed by atoms with Gasteiger partial charge in [-0.15, -0.1) is 5.53 Å². The third-order valence-corrected chi connectivity index (χ3v) is 6.84. The zero-order valence-corrected chi connectivity index (χ0v) is 22.3. The van der Waals surface area contributed by atoms with Gasteiger partial charge in [0.05, 0.1) is 29.5 Å². The largest absolute Gasteiger partial charge is 0.494 e. The Balaban J connectivity index is 1.62. The topological polar surface area (TPSA) is 110 Å². The number of hydrazine groups is 2. The molecule has 0 amide bonds. The van der Waals surface area contributed by atoms with Crippen molar-refractivity contribution in [2.45, 2.75) is 45.1 Å². The van der Waals surface area contributed by atoms with E-state index in [1.54, 1.807) is 19.4 Å². The molecule has 3 heterocycles. The van der Waals surface area contributed by atoms with Crippen LogP contribution in [-0.4, -0.2) is 42.5 Å². The molecule has 5 rings (SSSR count). The lowest BCUT2D eigenvalue weighted by Gasteiger charge is -2.33. The van der Waals surface area contributed by atoms with Gasteiger partial charge in [-0.1, -0.05) is 26.8 Å². The van der Waals surface area contributed by atoms with Gasteiger partial charge >= 0.3 is 0 Å². The summed E-state index contributed by atoms with van der Waals surface area (Å²) >= 11 is 0. The number of nitriles is 1. The normalized spacial score (nSPS) is 16.8. The molecule has 0 bridgehead atoms. The smallest absolute Gasteiger partial charge is 0.212 e. The van der Waals surface area contributed by atoms with Crippen molar-refractivity contribution < 1.29 is 9.13 Å². The first kappa shape index (κ1) is 25.6. The van der Waals surface area contributed by atoms with Crippen molar-refractivity contribution in [3.63, 3.8) is 0 Å². The van der Waals surface area contributed by atoms with E-state index in [4.69, 9.17) is 4.74 Å². The van der Waals surface area contributed by atoms with Crippen molar-refractivity contribution in [3.05, 3.63) is 65.6 Å². The molecular formula is C27H32BFN8O. The molecule has 196 valence electrons. The molecule has 38 heavy (non-hydrogen) atoms. The van der Waals surface area contributed by atoms with Crippen LogP contribution >= 0.6 is 0 Å². The van der Waals surface area contributed by atoms with Crippen LogP contribution in [0.15, 0.2) is 48.6 Å². The van der Waals surface area contributed by atoms with E-state index in [9.17, 15) is 9.65 Å². The second-order valence-corrected chi connectivity index (χ2v) is 11.2. The molecule has 4 N–H and O–H groups in total. The van der Waals surface area contributed by atoms with Crippen molar-refractivity contribution >= 4 is 30.1 Å². The second-order valence-electron chi connectivity index (χ2n) is 11.2. The van der Waals surface area contributed by atoms with E-state index in [1.807, 2.05) is 26.2 Å². The number of nitrogens with one attached hydrogen (secondary N) is 4. The Hall–Kier alpha value is -4.04. The first-order chi connectivity index (χ1) is 18.1. The van der Waals surface area contributed by atoms with Crippen LogP contribution in [0.25, 0.3) is 10.9 Å². The van der Waals surface area contributed by atoms with Gasteiger partial charge in [0.25, 0.3) is 0 Å². The summed E-state index contributed by atoms with van der Waals surface area (Å²) in [6.45, 7) is 7.06. The van der Waals surface area contributed by atoms with Gasteiger partial charge in [-0.3, -0.25) is 9.99 Å². The first-order valence-electron chi connectivity index (χ1n) is 12.7. The molecule has 9 nitrogen and oxygen atoms in total. The van der Waals surface area contributed by atoms with Gasteiger partial charge in [0.1, 0.15) is 25.2 Å². The SMILES string of the molecule is BC(Nc1cc(OC)c2ncc(C#N)c(NCC(C)(C)C)c2c1)(C1=CN(C2CC2)NN1)c1ccc(F)nc1. The summed E-state index contributed by atoms with van der Waals surface area (Å²) in [5.74, 6) is 0.0261. The number of benzene rings is 1. The summed E-state index contributed by atoms with van der Waals surface area (Å²) in [4.78, 5) is 8.46. The number of pyridine rings is 2. The molecule has 2 aliphatic rings. The summed E-state index contributed by atoms with van der Waals surface area (Å²) in [6.07, 6.45) is 7.40. The zero-order valence-electron chi connectivity index (χ0n) is 22.3. The molecule has 3 aromatic rings. The quantitative estimate of drug-likeness (QED) is 0.266. The molecule has 11 heteroatoms. The predicted molar refractivity (Wildman–Crippen MR) is 148 cm³/mol. The van der Waals surface area contributed by atoms with Crippen LogP contribution in [0.4, 0.5) is 15.8 Å². The molecule has 0 radical (unpaired) electrons. The first-order valence-corrected chi connectivity index (χ1v) is 12.7. The number of ether oxygens (including phenoxy) is 1. The average Bonchev–Trinajstić information content (AvgIpc) is 3.62. The van der Waals surface area contributed by atoms with Crippen molar-refractivity contribution in [2.24, 2.45) is 5.41 Å². The Morgan fingerprint density at radius 1 is 1.24 bits per heavy atom. The zero-order chi connectivity index (χ0) is 27.1. The Bertz CT molecular complexity index is 1430. The van der Waals surface area contributed by atoms with Crippen LogP contribution in [-0.2, 0) is 5.44 Å². The van der Waals surface area contributed by atoms with Gasteiger partial charge in [0.2, 0.25) is 5.95 Å². The van der Waals surface area contributed by atoms with Crippen molar-refractivity contribution in [3.8, 4) is 11.8 Å². The van der Waals surface area contributed by atoms with E-state index in [2.05, 4.69) is 63.4 Å². The Labute approximate surface area is 222 Å². The Morgan fingerprint density at radius 2 is 2.03 bits per heavy atom. The van der Waals surface area contributed by atoms with Gasteiger partial charge in [-0.05, 0) is 36.0 Å².